The van der Waals surface area contributed by atoms with Gasteiger partial charge in [0.15, 0.2) is 0 Å². The van der Waals surface area contributed by atoms with Crippen LogP contribution in [-0.2, 0) is 0 Å². The molecule has 1 aliphatic heterocycles. The summed E-state index contributed by atoms with van der Waals surface area (Å²) in [5.41, 5.74) is -0.406. The summed E-state index contributed by atoms with van der Waals surface area (Å²) in [5.74, 6) is 0. The maximum absolute atomic E-state index is 12.2. The molecule has 0 saturated carbocycles. The molecule has 1 rings (SSSR count). The Kier molecular flexibility index (Phi) is 3.94. The van der Waals surface area contributed by atoms with Gasteiger partial charge in [0.25, 0.3) is 0 Å². The molecular weight excluding hydrogens is 220 g/mol. The van der Waals surface area contributed by atoms with Gasteiger partial charge in [-0.3, -0.25) is 0 Å². The Morgan fingerprint density at radius 2 is 2.24 bits per heavy atom. The van der Waals surface area contributed by atoms with Crippen LogP contribution in [0.3, 0.4) is 0 Å². The lowest BCUT2D eigenvalue weighted by Crippen LogP contribution is -2.53. The molecule has 4 amide bonds. The van der Waals surface area contributed by atoms with Gasteiger partial charge >= 0.3 is 12.1 Å². The number of hydrogen-bond acceptors (Lipinski definition) is 3. The van der Waals surface area contributed by atoms with Gasteiger partial charge in [-0.25, -0.2) is 14.5 Å². The van der Waals surface area contributed by atoms with Crippen molar-refractivity contribution in [2.75, 3.05) is 19.6 Å². The second kappa shape index (κ2) is 5.04. The van der Waals surface area contributed by atoms with Crippen LogP contribution in [0.15, 0.2) is 0 Å². The average molecular weight is 238 g/mol. The molecule has 0 aromatic carbocycles. The second-order valence-corrected chi connectivity index (χ2v) is 4.90. The molecule has 1 aliphatic rings. The quantitative estimate of drug-likeness (QED) is 0.783. The molecule has 6 heteroatoms. The van der Waals surface area contributed by atoms with Gasteiger partial charge in [0.05, 0.1) is 12.5 Å². The van der Waals surface area contributed by atoms with E-state index in [1.165, 1.54) is 4.90 Å². The number of hydrogen-bond donors (Lipinski definition) is 1. The molecule has 0 aromatic rings. The topological polar surface area (TPSA) is 76.4 Å². The van der Waals surface area contributed by atoms with E-state index in [0.717, 1.165) is 0 Å². The molecule has 1 heterocycles. The normalized spacial score (nSPS) is 15.4. The van der Waals surface area contributed by atoms with E-state index in [0.29, 0.717) is 19.6 Å². The summed E-state index contributed by atoms with van der Waals surface area (Å²) in [6.07, 6.45) is 0.262. The van der Waals surface area contributed by atoms with Gasteiger partial charge in [-0.1, -0.05) is 0 Å². The standard InChI is InChI=1S/C11H18N4O2/c1-11(2,3)15(7-4-5-12)10(17)14-8-6-13-9(14)16/h4,6-8H2,1-3H3,(H,13,16). The zero-order valence-electron chi connectivity index (χ0n) is 10.5. The lowest BCUT2D eigenvalue weighted by atomic mass is 10.1. The van der Waals surface area contributed by atoms with Crippen LogP contribution in [-0.4, -0.2) is 47.0 Å². The van der Waals surface area contributed by atoms with Crippen LogP contribution in [0, 0.1) is 11.3 Å². The van der Waals surface area contributed by atoms with E-state index in [2.05, 4.69) is 5.32 Å². The van der Waals surface area contributed by atoms with Crippen LogP contribution in [0.5, 0.6) is 0 Å². The molecule has 0 aromatic heterocycles. The smallest absolute Gasteiger partial charge is 0.328 e. The van der Waals surface area contributed by atoms with Gasteiger partial charge in [0, 0.05) is 25.2 Å². The minimum atomic E-state index is -0.406. The Hall–Kier alpha value is -1.77. The molecule has 1 fully saturated rings. The molecule has 0 unspecified atom stereocenters. The summed E-state index contributed by atoms with van der Waals surface area (Å²) in [6.45, 7) is 6.86. The Morgan fingerprint density at radius 1 is 1.59 bits per heavy atom. The van der Waals surface area contributed by atoms with Crippen molar-refractivity contribution in [3.8, 4) is 6.07 Å². The highest BCUT2D eigenvalue weighted by atomic mass is 16.2. The largest absolute Gasteiger partial charge is 0.336 e. The van der Waals surface area contributed by atoms with Crippen molar-refractivity contribution in [1.82, 2.24) is 15.1 Å². The van der Waals surface area contributed by atoms with Crippen LogP contribution >= 0.6 is 0 Å². The van der Waals surface area contributed by atoms with Gasteiger partial charge in [-0.05, 0) is 20.8 Å². The molecular formula is C11H18N4O2. The summed E-state index contributed by atoms with van der Waals surface area (Å²) in [5, 5.41) is 11.2. The summed E-state index contributed by atoms with van der Waals surface area (Å²) in [7, 11) is 0. The summed E-state index contributed by atoms with van der Waals surface area (Å²) < 4.78 is 0. The van der Waals surface area contributed by atoms with Crippen molar-refractivity contribution in [2.24, 2.45) is 0 Å². The van der Waals surface area contributed by atoms with E-state index in [1.807, 2.05) is 26.8 Å². The first-order chi connectivity index (χ1) is 7.88. The first-order valence-electron chi connectivity index (χ1n) is 5.62. The third-order valence-corrected chi connectivity index (χ3v) is 2.58. The third-order valence-electron chi connectivity index (χ3n) is 2.58. The first kappa shape index (κ1) is 13.3. The maximum Gasteiger partial charge on any atom is 0.328 e. The Labute approximate surface area is 101 Å². The Morgan fingerprint density at radius 3 is 2.65 bits per heavy atom. The van der Waals surface area contributed by atoms with Crippen molar-refractivity contribution in [3.05, 3.63) is 0 Å². The molecule has 0 bridgehead atoms. The molecule has 0 spiro atoms. The zero-order chi connectivity index (χ0) is 13.1. The second-order valence-electron chi connectivity index (χ2n) is 4.90. The van der Waals surface area contributed by atoms with Crippen molar-refractivity contribution in [3.63, 3.8) is 0 Å². The fraction of sp³-hybridized carbons (Fsp3) is 0.727. The van der Waals surface area contributed by atoms with Crippen LogP contribution in [0.1, 0.15) is 27.2 Å². The van der Waals surface area contributed by atoms with Crippen LogP contribution in [0.2, 0.25) is 0 Å². The maximum atomic E-state index is 12.2. The van der Waals surface area contributed by atoms with Crippen molar-refractivity contribution < 1.29 is 9.59 Å². The monoisotopic (exact) mass is 238 g/mol. The Balaban J connectivity index is 2.79. The first-order valence-corrected chi connectivity index (χ1v) is 5.62. The molecule has 0 aliphatic carbocycles. The third kappa shape index (κ3) is 3.09. The van der Waals surface area contributed by atoms with Gasteiger partial charge < -0.3 is 10.2 Å². The number of nitriles is 1. The van der Waals surface area contributed by atoms with Gasteiger partial charge in [0.1, 0.15) is 0 Å². The van der Waals surface area contributed by atoms with E-state index in [4.69, 9.17) is 5.26 Å². The molecule has 1 N–H and O–H groups in total. The van der Waals surface area contributed by atoms with Gasteiger partial charge in [-0.15, -0.1) is 0 Å². The number of nitrogens with one attached hydrogen (secondary N) is 1. The number of nitrogens with zero attached hydrogens (tertiary/aromatic N) is 3. The van der Waals surface area contributed by atoms with E-state index < -0.39 is 5.54 Å². The minimum Gasteiger partial charge on any atom is -0.336 e. The number of rotatable bonds is 2. The highest BCUT2D eigenvalue weighted by Crippen LogP contribution is 2.17. The lowest BCUT2D eigenvalue weighted by Gasteiger charge is -2.36. The van der Waals surface area contributed by atoms with E-state index >= 15 is 0 Å². The predicted molar refractivity (Wildman–Crippen MR) is 62.2 cm³/mol. The molecule has 1 saturated heterocycles. The number of imide groups is 1. The lowest BCUT2D eigenvalue weighted by molar-refractivity contribution is 0.122. The summed E-state index contributed by atoms with van der Waals surface area (Å²) in [4.78, 5) is 26.4. The van der Waals surface area contributed by atoms with E-state index in [-0.39, 0.29) is 18.5 Å². The number of amides is 4. The van der Waals surface area contributed by atoms with Crippen molar-refractivity contribution in [1.29, 1.82) is 5.26 Å². The molecule has 94 valence electrons. The number of carbonyl (C=O) groups is 2. The molecule has 17 heavy (non-hydrogen) atoms. The van der Waals surface area contributed by atoms with E-state index in [1.54, 1.807) is 4.90 Å². The molecule has 0 radical (unpaired) electrons. The highest BCUT2D eigenvalue weighted by Gasteiger charge is 2.34. The number of carbonyl (C=O) groups excluding carboxylic acids is 2. The van der Waals surface area contributed by atoms with Crippen LogP contribution in [0.4, 0.5) is 9.59 Å². The van der Waals surface area contributed by atoms with Gasteiger partial charge in [0.2, 0.25) is 0 Å². The molecule has 0 atom stereocenters. The fourth-order valence-corrected chi connectivity index (χ4v) is 1.68. The highest BCUT2D eigenvalue weighted by molar-refractivity contribution is 5.95. The van der Waals surface area contributed by atoms with Gasteiger partial charge in [-0.2, -0.15) is 5.26 Å². The minimum absolute atomic E-state index is 0.262. The Bertz CT molecular complexity index is 353. The van der Waals surface area contributed by atoms with Crippen LogP contribution in [0.25, 0.3) is 0 Å². The van der Waals surface area contributed by atoms with E-state index in [9.17, 15) is 9.59 Å². The zero-order valence-corrected chi connectivity index (χ0v) is 10.5. The fourth-order valence-electron chi connectivity index (χ4n) is 1.68. The summed E-state index contributed by atoms with van der Waals surface area (Å²) in [6, 6.07) is 1.32. The molecule has 6 nitrogen and oxygen atoms in total. The number of urea groups is 2. The van der Waals surface area contributed by atoms with Crippen molar-refractivity contribution in [2.45, 2.75) is 32.7 Å². The van der Waals surface area contributed by atoms with Crippen LogP contribution < -0.4 is 5.32 Å². The summed E-state index contributed by atoms with van der Waals surface area (Å²) >= 11 is 0. The SMILES string of the molecule is CC(C)(C)N(CCC#N)C(=O)N1CCNC1=O. The average Bonchev–Trinajstić information content (AvgIpc) is 2.62. The van der Waals surface area contributed by atoms with Crippen molar-refractivity contribution >= 4 is 12.1 Å². The predicted octanol–water partition coefficient (Wildman–Crippen LogP) is 1.15.